The first kappa shape index (κ1) is 19.4. The van der Waals surface area contributed by atoms with E-state index in [-0.39, 0.29) is 5.91 Å². The molecular weight excluding hydrogens is 364 g/mol. The lowest BCUT2D eigenvalue weighted by Gasteiger charge is -2.35. The number of carbonyl (C=O) groups excluding carboxylic acids is 1. The van der Waals surface area contributed by atoms with E-state index < -0.39 is 0 Å². The highest BCUT2D eigenvalue weighted by Crippen LogP contribution is 2.29. The summed E-state index contributed by atoms with van der Waals surface area (Å²) in [6.07, 6.45) is 9.80. The number of fused-ring (bicyclic) bond motifs is 1. The van der Waals surface area contributed by atoms with Gasteiger partial charge < -0.3 is 9.80 Å². The number of rotatable bonds is 4. The number of pyridine rings is 1. The summed E-state index contributed by atoms with van der Waals surface area (Å²) in [7, 11) is 3.68. The van der Waals surface area contributed by atoms with Crippen LogP contribution >= 0.6 is 0 Å². The monoisotopic (exact) mass is 392 g/mol. The molecule has 1 aliphatic heterocycles. The van der Waals surface area contributed by atoms with Crippen LogP contribution < -0.4 is 4.90 Å². The van der Waals surface area contributed by atoms with E-state index in [1.165, 1.54) is 24.1 Å². The van der Waals surface area contributed by atoms with Gasteiger partial charge in [0.15, 0.2) is 0 Å². The Morgan fingerprint density at radius 3 is 2.76 bits per heavy atom. The lowest BCUT2D eigenvalue weighted by atomic mass is 9.93. The molecule has 7 heteroatoms. The molecule has 2 aromatic heterocycles. The van der Waals surface area contributed by atoms with E-state index in [0.29, 0.717) is 17.0 Å². The summed E-state index contributed by atoms with van der Waals surface area (Å²) < 4.78 is 1.65. The van der Waals surface area contributed by atoms with Crippen LogP contribution in [0.25, 0.3) is 0 Å². The summed E-state index contributed by atoms with van der Waals surface area (Å²) >= 11 is 0. The molecule has 7 nitrogen and oxygen atoms in total. The van der Waals surface area contributed by atoms with Crippen molar-refractivity contribution in [2.45, 2.75) is 38.5 Å². The molecule has 29 heavy (non-hydrogen) atoms. The summed E-state index contributed by atoms with van der Waals surface area (Å²) in [5.41, 5.74) is 3.76. The normalized spacial score (nSPS) is 16.9. The zero-order valence-electron chi connectivity index (χ0n) is 17.3. The Labute approximate surface area is 171 Å². The second kappa shape index (κ2) is 8.24. The third-order valence-electron chi connectivity index (χ3n) is 6.15. The Kier molecular flexibility index (Phi) is 5.52. The van der Waals surface area contributed by atoms with Crippen molar-refractivity contribution in [2.24, 2.45) is 13.0 Å². The molecule has 0 radical (unpaired) electrons. The predicted octanol–water partition coefficient (Wildman–Crippen LogP) is 2.55. The Morgan fingerprint density at radius 1 is 1.31 bits per heavy atom. The average Bonchev–Trinajstić information content (AvgIpc) is 3.19. The Balaban J connectivity index is 1.38. The van der Waals surface area contributed by atoms with Gasteiger partial charge in [0.25, 0.3) is 5.91 Å². The predicted molar refractivity (Wildman–Crippen MR) is 111 cm³/mol. The van der Waals surface area contributed by atoms with Crippen molar-refractivity contribution in [1.82, 2.24) is 19.7 Å². The van der Waals surface area contributed by atoms with Crippen molar-refractivity contribution in [3.05, 3.63) is 40.8 Å². The minimum Gasteiger partial charge on any atom is -0.355 e. The highest BCUT2D eigenvalue weighted by Gasteiger charge is 2.26. The number of aromatic nitrogens is 3. The number of hydrogen-bond donors (Lipinski definition) is 0. The smallest absolute Gasteiger partial charge is 0.256 e. The standard InChI is InChI=1S/C22H28N6O/c1-26(22(29)19-13-24-27(2)15-19)14-16-7-9-28(10-8-16)21-18(12-23)11-17-5-3-4-6-20(17)25-21/h11,13,15-16H,3-10,14H2,1-2H3. The van der Waals surface area contributed by atoms with Crippen molar-refractivity contribution in [3.8, 4) is 6.07 Å². The van der Waals surface area contributed by atoms with E-state index in [4.69, 9.17) is 4.98 Å². The van der Waals surface area contributed by atoms with Crippen LogP contribution in [0.2, 0.25) is 0 Å². The second-order valence-corrected chi connectivity index (χ2v) is 8.30. The molecule has 1 saturated heterocycles. The maximum absolute atomic E-state index is 12.6. The first-order valence-corrected chi connectivity index (χ1v) is 10.5. The number of carbonyl (C=O) groups is 1. The number of piperidine rings is 1. The average molecular weight is 393 g/mol. The lowest BCUT2D eigenvalue weighted by molar-refractivity contribution is 0.0765. The first-order chi connectivity index (χ1) is 14.0. The maximum Gasteiger partial charge on any atom is 0.256 e. The van der Waals surface area contributed by atoms with E-state index in [2.05, 4.69) is 22.1 Å². The van der Waals surface area contributed by atoms with Crippen LogP contribution in [-0.4, -0.2) is 52.3 Å². The van der Waals surface area contributed by atoms with E-state index in [1.807, 2.05) is 14.1 Å². The van der Waals surface area contributed by atoms with Gasteiger partial charge in [-0.3, -0.25) is 9.48 Å². The van der Waals surface area contributed by atoms with Crippen LogP contribution in [0.15, 0.2) is 18.5 Å². The molecule has 2 aromatic rings. The fourth-order valence-electron chi connectivity index (χ4n) is 4.50. The second-order valence-electron chi connectivity index (χ2n) is 8.30. The zero-order valence-corrected chi connectivity index (χ0v) is 17.3. The lowest BCUT2D eigenvalue weighted by Crippen LogP contribution is -2.40. The van der Waals surface area contributed by atoms with Gasteiger partial charge in [-0.05, 0) is 56.1 Å². The highest BCUT2D eigenvalue weighted by atomic mass is 16.2. The molecular formula is C22H28N6O. The number of amides is 1. The Bertz CT molecular complexity index is 935. The molecule has 1 amide bonds. The van der Waals surface area contributed by atoms with Crippen molar-refractivity contribution >= 4 is 11.7 Å². The van der Waals surface area contributed by atoms with E-state index in [9.17, 15) is 10.1 Å². The van der Waals surface area contributed by atoms with Crippen molar-refractivity contribution in [3.63, 3.8) is 0 Å². The number of anilines is 1. The van der Waals surface area contributed by atoms with Gasteiger partial charge in [0.05, 0.1) is 17.3 Å². The molecule has 3 heterocycles. The molecule has 1 aliphatic carbocycles. The molecule has 0 saturated carbocycles. The summed E-state index contributed by atoms with van der Waals surface area (Å²) in [6.45, 7) is 2.49. The van der Waals surface area contributed by atoms with Gasteiger partial charge in [-0.15, -0.1) is 0 Å². The van der Waals surface area contributed by atoms with Gasteiger partial charge in [0, 0.05) is 45.6 Å². The van der Waals surface area contributed by atoms with E-state index in [1.54, 1.807) is 22.0 Å². The van der Waals surface area contributed by atoms with Crippen LogP contribution in [0, 0.1) is 17.2 Å². The molecule has 0 N–H and O–H groups in total. The molecule has 2 aliphatic rings. The fourth-order valence-corrected chi connectivity index (χ4v) is 4.50. The molecule has 0 aromatic carbocycles. The van der Waals surface area contributed by atoms with Gasteiger partial charge in [-0.2, -0.15) is 10.4 Å². The van der Waals surface area contributed by atoms with Crippen LogP contribution in [0.3, 0.4) is 0 Å². The van der Waals surface area contributed by atoms with Crippen LogP contribution in [-0.2, 0) is 19.9 Å². The summed E-state index contributed by atoms with van der Waals surface area (Å²) in [4.78, 5) is 21.5. The summed E-state index contributed by atoms with van der Waals surface area (Å²) in [6, 6.07) is 4.42. The molecule has 0 bridgehead atoms. The molecule has 152 valence electrons. The van der Waals surface area contributed by atoms with Gasteiger partial charge in [0.2, 0.25) is 0 Å². The molecule has 0 spiro atoms. The quantitative estimate of drug-likeness (QED) is 0.799. The summed E-state index contributed by atoms with van der Waals surface area (Å²) in [5, 5.41) is 13.7. The van der Waals surface area contributed by atoms with E-state index >= 15 is 0 Å². The third-order valence-corrected chi connectivity index (χ3v) is 6.15. The maximum atomic E-state index is 12.6. The minimum atomic E-state index is 0.0173. The highest BCUT2D eigenvalue weighted by molar-refractivity contribution is 5.93. The Hall–Kier alpha value is -2.88. The first-order valence-electron chi connectivity index (χ1n) is 10.5. The minimum absolute atomic E-state index is 0.0173. The molecule has 0 atom stereocenters. The Morgan fingerprint density at radius 2 is 2.07 bits per heavy atom. The zero-order chi connectivity index (χ0) is 20.4. The topological polar surface area (TPSA) is 78.1 Å². The molecule has 1 fully saturated rings. The number of nitriles is 1. The van der Waals surface area contributed by atoms with Crippen LogP contribution in [0.4, 0.5) is 5.82 Å². The van der Waals surface area contributed by atoms with Gasteiger partial charge in [-0.25, -0.2) is 4.98 Å². The van der Waals surface area contributed by atoms with Crippen molar-refractivity contribution < 1.29 is 4.79 Å². The molecule has 4 rings (SSSR count). The van der Waals surface area contributed by atoms with Gasteiger partial charge in [0.1, 0.15) is 11.9 Å². The fraction of sp³-hybridized carbons (Fsp3) is 0.545. The summed E-state index contributed by atoms with van der Waals surface area (Å²) in [5.74, 6) is 1.33. The van der Waals surface area contributed by atoms with Crippen LogP contribution in [0.5, 0.6) is 0 Å². The SMILES string of the molecule is CN(CC1CCN(c2nc3c(cc2C#N)CCCC3)CC1)C(=O)c1cnn(C)c1. The van der Waals surface area contributed by atoms with Crippen molar-refractivity contribution in [1.29, 1.82) is 5.26 Å². The third kappa shape index (κ3) is 4.12. The number of hydrogen-bond acceptors (Lipinski definition) is 5. The van der Waals surface area contributed by atoms with Crippen molar-refractivity contribution in [2.75, 3.05) is 31.6 Å². The van der Waals surface area contributed by atoms with Crippen LogP contribution in [0.1, 0.15) is 52.9 Å². The van der Waals surface area contributed by atoms with E-state index in [0.717, 1.165) is 51.1 Å². The number of aryl methyl sites for hydroxylation is 3. The molecule has 0 unspecified atom stereocenters. The number of nitrogens with zero attached hydrogens (tertiary/aromatic N) is 6. The largest absolute Gasteiger partial charge is 0.355 e. The van der Waals surface area contributed by atoms with Gasteiger partial charge >= 0.3 is 0 Å². The van der Waals surface area contributed by atoms with Gasteiger partial charge in [-0.1, -0.05) is 0 Å².